The highest BCUT2D eigenvalue weighted by Gasteiger charge is 2.36. The summed E-state index contributed by atoms with van der Waals surface area (Å²) < 4.78 is 43.0. The van der Waals surface area contributed by atoms with Crippen LogP contribution in [0.1, 0.15) is 39.0 Å². The number of benzene rings is 2. The first-order valence-electron chi connectivity index (χ1n) is 11.2. The van der Waals surface area contributed by atoms with E-state index in [9.17, 15) is 18.0 Å². The van der Waals surface area contributed by atoms with Gasteiger partial charge in [-0.2, -0.15) is 0 Å². The predicted octanol–water partition coefficient (Wildman–Crippen LogP) is 4.48. The zero-order chi connectivity index (χ0) is 26.5. The molecule has 0 saturated heterocycles. The number of halogens is 2. The van der Waals surface area contributed by atoms with Crippen LogP contribution in [0.5, 0.6) is 11.5 Å². The molecule has 1 fully saturated rings. The van der Waals surface area contributed by atoms with Crippen LogP contribution in [-0.2, 0) is 24.2 Å². The second kappa shape index (κ2) is 11.7. The van der Waals surface area contributed by atoms with Crippen LogP contribution in [-0.4, -0.2) is 50.9 Å². The Morgan fingerprint density at radius 3 is 2.31 bits per heavy atom. The lowest BCUT2D eigenvalue weighted by atomic mass is 9.94. The smallest absolute Gasteiger partial charge is 0.419 e. The van der Waals surface area contributed by atoms with Gasteiger partial charge >= 0.3 is 11.9 Å². The molecule has 2 aromatic carbocycles. The van der Waals surface area contributed by atoms with Gasteiger partial charge in [0.1, 0.15) is 22.3 Å². The van der Waals surface area contributed by atoms with Gasteiger partial charge in [0.05, 0.1) is 17.0 Å². The van der Waals surface area contributed by atoms with E-state index in [0.29, 0.717) is 5.75 Å². The summed E-state index contributed by atoms with van der Waals surface area (Å²) in [7, 11) is -2.65. The molecule has 0 amide bonds. The molecule has 0 spiro atoms. The Morgan fingerprint density at radius 2 is 1.72 bits per heavy atom. The van der Waals surface area contributed by atoms with Gasteiger partial charge in [0.2, 0.25) is 9.84 Å². The van der Waals surface area contributed by atoms with Crippen LogP contribution < -0.4 is 14.8 Å². The van der Waals surface area contributed by atoms with Crippen LogP contribution in [0, 0.1) is 0 Å². The van der Waals surface area contributed by atoms with Crippen molar-refractivity contribution < 1.29 is 37.3 Å². The number of ether oxygens (including phenoxy) is 3. The Balaban J connectivity index is 1.95. The maximum absolute atomic E-state index is 13.4. The molecular weight excluding hydrogens is 533 g/mol. The Bertz CT molecular complexity index is 1210. The number of carboxylic acids is 1. The normalized spacial score (nSPS) is 16.1. The van der Waals surface area contributed by atoms with Crippen molar-refractivity contribution in [3.8, 4) is 11.5 Å². The van der Waals surface area contributed by atoms with Crippen molar-refractivity contribution >= 4 is 45.0 Å². The van der Waals surface area contributed by atoms with Gasteiger partial charge in [-0.15, -0.1) is 0 Å². The standard InChI is InChI=1S/C24H27Cl2NO8S/c1-24(35-23(30)22(28)29,27-15-6-4-3-5-7-15)14-34-21-19(13-12-18(25)20(21)26)36(31,32)17-10-8-16(33-2)9-11-17/h8-13,15,27H,3-7,14H2,1-2H3,(H,28,29). The van der Waals surface area contributed by atoms with E-state index < -0.39 is 34.1 Å². The predicted molar refractivity (Wildman–Crippen MR) is 133 cm³/mol. The van der Waals surface area contributed by atoms with Crippen LogP contribution in [0.4, 0.5) is 0 Å². The highest BCUT2D eigenvalue weighted by Crippen LogP contribution is 2.40. The van der Waals surface area contributed by atoms with Gasteiger partial charge in [-0.25, -0.2) is 18.0 Å². The van der Waals surface area contributed by atoms with E-state index in [4.69, 9.17) is 42.5 Å². The topological polar surface area (TPSA) is 128 Å². The Morgan fingerprint density at radius 1 is 1.08 bits per heavy atom. The molecule has 2 aromatic rings. The second-order valence-corrected chi connectivity index (χ2v) is 11.3. The van der Waals surface area contributed by atoms with Gasteiger partial charge in [0.15, 0.2) is 11.5 Å². The third-order valence-electron chi connectivity index (χ3n) is 5.77. The fourth-order valence-electron chi connectivity index (χ4n) is 3.98. The molecule has 1 atom stereocenters. The summed E-state index contributed by atoms with van der Waals surface area (Å²) in [6.07, 6.45) is 4.60. The number of carbonyl (C=O) groups excluding carboxylic acids is 1. The lowest BCUT2D eigenvalue weighted by Crippen LogP contribution is -2.56. The van der Waals surface area contributed by atoms with Crippen molar-refractivity contribution in [1.29, 1.82) is 0 Å². The number of methoxy groups -OCH3 is 1. The summed E-state index contributed by atoms with van der Waals surface area (Å²) in [5.41, 5.74) is -1.59. The zero-order valence-electron chi connectivity index (χ0n) is 19.8. The van der Waals surface area contributed by atoms with E-state index in [1.165, 1.54) is 50.4 Å². The molecule has 1 aliphatic rings. The van der Waals surface area contributed by atoms with Crippen LogP contribution in [0.2, 0.25) is 10.0 Å². The first kappa shape index (κ1) is 28.0. The minimum atomic E-state index is -4.11. The minimum Gasteiger partial charge on any atom is -0.497 e. The van der Waals surface area contributed by atoms with Gasteiger partial charge in [0, 0.05) is 6.04 Å². The maximum atomic E-state index is 13.4. The quantitative estimate of drug-likeness (QED) is 0.259. The van der Waals surface area contributed by atoms with Gasteiger partial charge in [-0.1, -0.05) is 42.5 Å². The largest absolute Gasteiger partial charge is 0.497 e. The molecule has 9 nitrogen and oxygen atoms in total. The number of esters is 1. The summed E-state index contributed by atoms with van der Waals surface area (Å²) in [4.78, 5) is 22.8. The molecule has 1 aliphatic carbocycles. The molecule has 0 radical (unpaired) electrons. The number of aliphatic carboxylic acids is 1. The monoisotopic (exact) mass is 559 g/mol. The molecule has 1 saturated carbocycles. The molecule has 1 unspecified atom stereocenters. The van der Waals surface area contributed by atoms with E-state index in [-0.39, 0.29) is 31.6 Å². The fraction of sp³-hybridized carbons (Fsp3) is 0.417. The van der Waals surface area contributed by atoms with E-state index in [2.05, 4.69) is 5.32 Å². The second-order valence-electron chi connectivity index (χ2n) is 8.56. The van der Waals surface area contributed by atoms with Crippen LogP contribution >= 0.6 is 23.2 Å². The molecule has 0 bridgehead atoms. The van der Waals surface area contributed by atoms with Crippen LogP contribution in [0.3, 0.4) is 0 Å². The molecule has 2 N–H and O–H groups in total. The lowest BCUT2D eigenvalue weighted by molar-refractivity contribution is -0.179. The maximum Gasteiger partial charge on any atom is 0.419 e. The first-order chi connectivity index (χ1) is 17.0. The highest BCUT2D eigenvalue weighted by molar-refractivity contribution is 7.91. The number of nitrogens with one attached hydrogen (secondary N) is 1. The van der Waals surface area contributed by atoms with Crippen molar-refractivity contribution in [2.45, 2.75) is 60.6 Å². The van der Waals surface area contributed by atoms with Gasteiger partial charge in [-0.3, -0.25) is 5.32 Å². The summed E-state index contributed by atoms with van der Waals surface area (Å²) in [6, 6.07) is 8.30. The van der Waals surface area contributed by atoms with Gasteiger partial charge < -0.3 is 19.3 Å². The molecule has 196 valence electrons. The minimum absolute atomic E-state index is 0.0352. The highest BCUT2D eigenvalue weighted by atomic mass is 35.5. The Kier molecular flexibility index (Phi) is 9.10. The van der Waals surface area contributed by atoms with Crippen molar-refractivity contribution in [2.75, 3.05) is 13.7 Å². The van der Waals surface area contributed by atoms with E-state index in [1.807, 2.05) is 0 Å². The fourth-order valence-corrected chi connectivity index (χ4v) is 5.80. The third-order valence-corrected chi connectivity index (χ3v) is 8.35. The summed E-state index contributed by atoms with van der Waals surface area (Å²) in [6.45, 7) is 1.02. The number of carbonyl (C=O) groups is 2. The SMILES string of the molecule is COc1ccc(S(=O)(=O)c2ccc(Cl)c(Cl)c2OCC(C)(NC2CCCCC2)OC(=O)C(=O)O)cc1. The van der Waals surface area contributed by atoms with Crippen molar-refractivity contribution in [1.82, 2.24) is 5.32 Å². The molecule has 0 aromatic heterocycles. The number of hydrogen-bond donors (Lipinski definition) is 2. The van der Waals surface area contributed by atoms with Crippen LogP contribution in [0.15, 0.2) is 46.2 Å². The molecule has 0 aliphatic heterocycles. The third kappa shape index (κ3) is 6.61. The molecule has 0 heterocycles. The van der Waals surface area contributed by atoms with Crippen LogP contribution in [0.25, 0.3) is 0 Å². The average Bonchev–Trinajstić information content (AvgIpc) is 2.85. The molecule has 12 heteroatoms. The molecular formula is C24H27Cl2NO8S. The summed E-state index contributed by atoms with van der Waals surface area (Å²) >= 11 is 12.5. The van der Waals surface area contributed by atoms with Gasteiger partial charge in [-0.05, 0) is 56.2 Å². The number of rotatable bonds is 9. The van der Waals surface area contributed by atoms with E-state index in [1.54, 1.807) is 0 Å². The van der Waals surface area contributed by atoms with Crippen molar-refractivity contribution in [3.05, 3.63) is 46.4 Å². The first-order valence-corrected chi connectivity index (χ1v) is 13.4. The molecule has 3 rings (SSSR count). The zero-order valence-corrected chi connectivity index (χ0v) is 22.1. The number of hydrogen-bond acceptors (Lipinski definition) is 8. The van der Waals surface area contributed by atoms with Crippen molar-refractivity contribution in [3.63, 3.8) is 0 Å². The average molecular weight is 560 g/mol. The Labute approximate surface area is 219 Å². The van der Waals surface area contributed by atoms with E-state index in [0.717, 1.165) is 32.1 Å². The summed E-state index contributed by atoms with van der Waals surface area (Å²) in [5, 5.41) is 12.1. The van der Waals surface area contributed by atoms with E-state index >= 15 is 0 Å². The Hall–Kier alpha value is -2.53. The number of carboxylic acid groups (broad SMARTS) is 1. The number of sulfone groups is 1. The van der Waals surface area contributed by atoms with Crippen molar-refractivity contribution in [2.24, 2.45) is 0 Å². The summed E-state index contributed by atoms with van der Waals surface area (Å²) in [5.74, 6) is -3.02. The van der Waals surface area contributed by atoms with Gasteiger partial charge in [0.25, 0.3) is 0 Å². The molecule has 36 heavy (non-hydrogen) atoms. The lowest BCUT2D eigenvalue weighted by Gasteiger charge is -2.35.